The predicted octanol–water partition coefficient (Wildman–Crippen LogP) is 3.65. The molecule has 0 unspecified atom stereocenters. The Morgan fingerprint density at radius 1 is 0.903 bits per heavy atom. The molecule has 0 radical (unpaired) electrons. The molecule has 2 atom stereocenters. The summed E-state index contributed by atoms with van der Waals surface area (Å²) >= 11 is 0. The number of nitrogens with one attached hydrogen (secondary N) is 1. The molecule has 1 aromatic rings. The fourth-order valence-electron chi connectivity index (χ4n) is 5.31. The van der Waals surface area contributed by atoms with Gasteiger partial charge in [0, 0.05) is 31.4 Å². The van der Waals surface area contributed by atoms with Gasteiger partial charge in [-0.2, -0.15) is 0 Å². The quantitative estimate of drug-likeness (QED) is 0.744. The van der Waals surface area contributed by atoms with E-state index in [4.69, 9.17) is 4.74 Å². The normalized spacial score (nSPS) is 24.3. The summed E-state index contributed by atoms with van der Waals surface area (Å²) < 4.78 is 5.42. The van der Waals surface area contributed by atoms with Crippen molar-refractivity contribution in [2.24, 2.45) is 11.8 Å². The molecule has 168 valence electrons. The molecule has 1 N–H and O–H groups in total. The molecule has 2 saturated heterocycles. The number of para-hydroxylation sites is 1. The van der Waals surface area contributed by atoms with E-state index in [1.807, 2.05) is 35.2 Å². The van der Waals surface area contributed by atoms with Gasteiger partial charge in [-0.15, -0.1) is 0 Å². The molecule has 0 aromatic heterocycles. The van der Waals surface area contributed by atoms with Gasteiger partial charge in [-0.1, -0.05) is 31.0 Å². The van der Waals surface area contributed by atoms with Crippen molar-refractivity contribution in [1.82, 2.24) is 9.80 Å². The smallest absolute Gasteiger partial charge is 0.321 e. The van der Waals surface area contributed by atoms with E-state index in [1.165, 1.54) is 25.7 Å². The molecule has 31 heavy (non-hydrogen) atoms. The molecular formula is C24H33N3O4. The van der Waals surface area contributed by atoms with Gasteiger partial charge in [0.25, 0.3) is 5.91 Å². The van der Waals surface area contributed by atoms with Crippen LogP contribution in [0.2, 0.25) is 0 Å². The molecular weight excluding hydrogens is 394 g/mol. The summed E-state index contributed by atoms with van der Waals surface area (Å²) in [6.07, 6.45) is 8.11. The molecule has 3 fully saturated rings. The van der Waals surface area contributed by atoms with E-state index < -0.39 is 0 Å². The summed E-state index contributed by atoms with van der Waals surface area (Å²) in [5, 5.41) is 2.88. The lowest BCUT2D eigenvalue weighted by atomic mass is 9.78. The second-order valence-corrected chi connectivity index (χ2v) is 9.01. The first-order valence-electron chi connectivity index (χ1n) is 11.7. The Bertz CT molecular complexity index is 774. The van der Waals surface area contributed by atoms with Crippen LogP contribution in [0.15, 0.2) is 30.3 Å². The number of anilines is 1. The monoisotopic (exact) mass is 427 g/mol. The third-order valence-corrected chi connectivity index (χ3v) is 7.04. The predicted molar refractivity (Wildman–Crippen MR) is 117 cm³/mol. The number of benzene rings is 1. The Balaban J connectivity index is 1.20. The van der Waals surface area contributed by atoms with Crippen LogP contribution in [0.25, 0.3) is 0 Å². The first-order chi connectivity index (χ1) is 15.1. The lowest BCUT2D eigenvalue weighted by Gasteiger charge is -2.44. The van der Waals surface area contributed by atoms with Crippen molar-refractivity contribution in [2.75, 3.05) is 31.6 Å². The molecule has 3 aliphatic rings. The van der Waals surface area contributed by atoms with Crippen molar-refractivity contribution in [3.63, 3.8) is 0 Å². The number of hydrogen-bond acceptors (Lipinski definition) is 4. The van der Waals surface area contributed by atoms with Crippen molar-refractivity contribution in [1.29, 1.82) is 0 Å². The first kappa shape index (κ1) is 21.7. The third kappa shape index (κ3) is 5.38. The number of urea groups is 1. The summed E-state index contributed by atoms with van der Waals surface area (Å²) in [7, 11) is 0. The van der Waals surface area contributed by atoms with E-state index in [0.717, 1.165) is 25.1 Å². The zero-order valence-corrected chi connectivity index (χ0v) is 18.1. The van der Waals surface area contributed by atoms with Crippen molar-refractivity contribution >= 4 is 23.6 Å². The number of rotatable bonds is 4. The number of ether oxygens (including phenoxy) is 1. The number of hydrogen-bond donors (Lipinski definition) is 1. The minimum atomic E-state index is -0.311. The van der Waals surface area contributed by atoms with Gasteiger partial charge in [0.2, 0.25) is 0 Å². The van der Waals surface area contributed by atoms with Crippen LogP contribution < -0.4 is 5.32 Å². The van der Waals surface area contributed by atoms with Gasteiger partial charge < -0.3 is 19.9 Å². The molecule has 2 aliphatic heterocycles. The van der Waals surface area contributed by atoms with E-state index in [2.05, 4.69) is 5.32 Å². The minimum absolute atomic E-state index is 0.0513. The highest BCUT2D eigenvalue weighted by atomic mass is 16.5. The van der Waals surface area contributed by atoms with Crippen LogP contribution in [0.5, 0.6) is 0 Å². The zero-order chi connectivity index (χ0) is 21.6. The van der Waals surface area contributed by atoms with Gasteiger partial charge in [0.15, 0.2) is 6.61 Å². The van der Waals surface area contributed by atoms with E-state index in [9.17, 15) is 14.4 Å². The van der Waals surface area contributed by atoms with Crippen molar-refractivity contribution < 1.29 is 19.1 Å². The SMILES string of the molecule is O=C(OCC(=O)N1CCC[C@H]2CCCC[C@@H]21)C1CCN(C(=O)Nc2ccccc2)CC1. The summed E-state index contributed by atoms with van der Waals surface area (Å²) in [5.41, 5.74) is 0.755. The number of likely N-dealkylation sites (tertiary alicyclic amines) is 2. The van der Waals surface area contributed by atoms with E-state index in [-0.39, 0.29) is 30.4 Å². The zero-order valence-electron chi connectivity index (χ0n) is 18.1. The molecule has 3 amide bonds. The molecule has 1 saturated carbocycles. The molecule has 0 spiro atoms. The average Bonchev–Trinajstić information content (AvgIpc) is 2.82. The van der Waals surface area contributed by atoms with Crippen LogP contribution in [-0.4, -0.2) is 60.0 Å². The van der Waals surface area contributed by atoms with Gasteiger partial charge >= 0.3 is 12.0 Å². The first-order valence-corrected chi connectivity index (χ1v) is 11.7. The highest BCUT2D eigenvalue weighted by molar-refractivity contribution is 5.89. The van der Waals surface area contributed by atoms with Gasteiger partial charge in [-0.25, -0.2) is 4.79 Å². The molecule has 2 heterocycles. The Hall–Kier alpha value is -2.57. The number of fused-ring (bicyclic) bond motifs is 1. The summed E-state index contributed by atoms with van der Waals surface area (Å²) in [6.45, 7) is 1.63. The van der Waals surface area contributed by atoms with Gasteiger partial charge in [-0.3, -0.25) is 9.59 Å². The van der Waals surface area contributed by atoms with Crippen molar-refractivity contribution in [3.8, 4) is 0 Å². The van der Waals surface area contributed by atoms with E-state index in [1.54, 1.807) is 4.90 Å². The van der Waals surface area contributed by atoms with Crippen LogP contribution in [0, 0.1) is 11.8 Å². The molecule has 0 bridgehead atoms. The largest absolute Gasteiger partial charge is 0.455 e. The molecule has 1 aromatic carbocycles. The van der Waals surface area contributed by atoms with Crippen LogP contribution in [0.4, 0.5) is 10.5 Å². The van der Waals surface area contributed by atoms with Gasteiger partial charge in [0.05, 0.1) is 5.92 Å². The molecule has 1 aliphatic carbocycles. The van der Waals surface area contributed by atoms with Crippen LogP contribution in [0.3, 0.4) is 0 Å². The van der Waals surface area contributed by atoms with Crippen LogP contribution in [0.1, 0.15) is 51.4 Å². The minimum Gasteiger partial charge on any atom is -0.455 e. The average molecular weight is 428 g/mol. The topological polar surface area (TPSA) is 79.0 Å². The van der Waals surface area contributed by atoms with Crippen LogP contribution in [-0.2, 0) is 14.3 Å². The van der Waals surface area contributed by atoms with Crippen LogP contribution >= 0.6 is 0 Å². The van der Waals surface area contributed by atoms with E-state index in [0.29, 0.717) is 37.9 Å². The number of nitrogens with zero attached hydrogens (tertiary/aromatic N) is 2. The molecule has 7 nitrogen and oxygen atoms in total. The number of carbonyl (C=O) groups excluding carboxylic acids is 3. The lowest BCUT2D eigenvalue weighted by molar-refractivity contribution is -0.158. The lowest BCUT2D eigenvalue weighted by Crippen LogP contribution is -2.51. The van der Waals surface area contributed by atoms with Gasteiger partial charge in [-0.05, 0) is 56.6 Å². The number of esters is 1. The Morgan fingerprint density at radius 2 is 1.61 bits per heavy atom. The van der Waals surface area contributed by atoms with Crippen molar-refractivity contribution in [3.05, 3.63) is 30.3 Å². The Labute approximate surface area is 184 Å². The standard InChI is InChI=1S/C24H33N3O4/c28-22(27-14-6-8-18-7-4-5-11-21(18)27)17-31-23(29)19-12-15-26(16-13-19)24(30)25-20-9-2-1-3-10-20/h1-3,9-10,18-19,21H,4-8,11-17H2,(H,25,30)/t18-,21+/m1/s1. The Kier molecular flexibility index (Phi) is 7.10. The fraction of sp³-hybridized carbons (Fsp3) is 0.625. The maximum absolute atomic E-state index is 12.7. The second-order valence-electron chi connectivity index (χ2n) is 9.01. The second kappa shape index (κ2) is 10.2. The summed E-state index contributed by atoms with van der Waals surface area (Å²) in [6, 6.07) is 9.51. The Morgan fingerprint density at radius 3 is 2.39 bits per heavy atom. The highest BCUT2D eigenvalue weighted by Crippen LogP contribution is 2.35. The summed E-state index contributed by atoms with van der Waals surface area (Å²) in [4.78, 5) is 41.4. The maximum Gasteiger partial charge on any atom is 0.321 e. The number of piperidine rings is 2. The highest BCUT2D eigenvalue weighted by Gasteiger charge is 2.36. The number of carbonyl (C=O) groups is 3. The summed E-state index contributed by atoms with van der Waals surface area (Å²) in [5.74, 6) is 0.00386. The van der Waals surface area contributed by atoms with Gasteiger partial charge in [0.1, 0.15) is 0 Å². The fourth-order valence-corrected chi connectivity index (χ4v) is 5.31. The molecule has 7 heteroatoms. The maximum atomic E-state index is 12.7. The molecule has 4 rings (SSSR count). The number of amides is 3. The van der Waals surface area contributed by atoms with E-state index >= 15 is 0 Å². The van der Waals surface area contributed by atoms with Crippen molar-refractivity contribution in [2.45, 2.75) is 57.4 Å². The third-order valence-electron chi connectivity index (χ3n) is 7.04.